The molecule has 3 heteroatoms. The van der Waals surface area contributed by atoms with Gasteiger partial charge < -0.3 is 4.42 Å². The topological polar surface area (TPSA) is 38.9 Å². The van der Waals surface area contributed by atoms with Crippen molar-refractivity contribution in [2.45, 2.75) is 0 Å². The van der Waals surface area contributed by atoms with E-state index in [-0.39, 0.29) is 0 Å². The monoisotopic (exact) mass is 624 g/mol. The summed E-state index contributed by atoms with van der Waals surface area (Å²) < 4.78 is 6.63. The predicted octanol–water partition coefficient (Wildman–Crippen LogP) is 12.5. The standard InChI is InChI=1S/C46H28N2O/c1-3-13-29(14-4-1)43-45-44(48-46(47-43)30-15-5-2-6-16-30)40-26-25-32(28-41(40)49-45)31-17-11-18-33(27-31)34-23-12-24-39-37-20-8-7-19-35(37)36-21-9-10-22-38(36)42(34)39/h1-28H. The number of furan rings is 1. The molecule has 0 unspecified atom stereocenters. The molecule has 0 saturated heterocycles. The third kappa shape index (κ3) is 4.44. The van der Waals surface area contributed by atoms with Gasteiger partial charge in [-0.1, -0.05) is 152 Å². The number of benzene rings is 8. The highest BCUT2D eigenvalue weighted by Gasteiger charge is 2.19. The van der Waals surface area contributed by atoms with Gasteiger partial charge in [0.1, 0.15) is 16.8 Å². The molecule has 10 rings (SSSR count). The zero-order chi connectivity index (χ0) is 32.3. The molecule has 0 aliphatic carbocycles. The molecule has 0 amide bonds. The normalized spacial score (nSPS) is 11.7. The Hall–Kier alpha value is -6.58. The van der Waals surface area contributed by atoms with Gasteiger partial charge in [-0.05, 0) is 72.8 Å². The molecule has 0 aliphatic rings. The Labute approximate surface area is 282 Å². The Morgan fingerprint density at radius 2 is 0.918 bits per heavy atom. The lowest BCUT2D eigenvalue weighted by molar-refractivity contribution is 0.667. The highest BCUT2D eigenvalue weighted by atomic mass is 16.3. The zero-order valence-corrected chi connectivity index (χ0v) is 26.5. The average Bonchev–Trinajstić information content (AvgIpc) is 3.56. The third-order valence-corrected chi connectivity index (χ3v) is 9.67. The van der Waals surface area contributed by atoms with Gasteiger partial charge in [0.15, 0.2) is 11.4 Å². The first-order valence-electron chi connectivity index (χ1n) is 16.6. The van der Waals surface area contributed by atoms with E-state index in [0.29, 0.717) is 11.4 Å². The van der Waals surface area contributed by atoms with Gasteiger partial charge in [-0.2, -0.15) is 0 Å². The van der Waals surface area contributed by atoms with Crippen LogP contribution in [0.5, 0.6) is 0 Å². The Kier molecular flexibility index (Phi) is 6.18. The fraction of sp³-hybridized carbons (Fsp3) is 0. The second kappa shape index (κ2) is 11.0. The van der Waals surface area contributed by atoms with Gasteiger partial charge in [-0.3, -0.25) is 0 Å². The minimum atomic E-state index is 0.682. The highest BCUT2D eigenvalue weighted by molar-refractivity contribution is 6.28. The summed E-state index contributed by atoms with van der Waals surface area (Å²) in [6, 6.07) is 59.8. The Morgan fingerprint density at radius 3 is 1.65 bits per heavy atom. The fourth-order valence-corrected chi connectivity index (χ4v) is 7.39. The van der Waals surface area contributed by atoms with Gasteiger partial charge in [0.05, 0.1) is 0 Å². The van der Waals surface area contributed by atoms with E-state index in [2.05, 4.69) is 121 Å². The molecule has 2 aromatic heterocycles. The Balaban J connectivity index is 1.15. The maximum absolute atomic E-state index is 6.63. The van der Waals surface area contributed by atoms with Crippen molar-refractivity contribution in [2.75, 3.05) is 0 Å². The number of fused-ring (bicyclic) bond motifs is 9. The summed E-state index contributed by atoms with van der Waals surface area (Å²) in [7, 11) is 0. The van der Waals surface area contributed by atoms with E-state index in [4.69, 9.17) is 14.4 Å². The lowest BCUT2D eigenvalue weighted by Gasteiger charge is -2.15. The van der Waals surface area contributed by atoms with Crippen LogP contribution in [0.3, 0.4) is 0 Å². The van der Waals surface area contributed by atoms with Gasteiger partial charge in [0.2, 0.25) is 0 Å². The molecule has 2 heterocycles. The first-order valence-corrected chi connectivity index (χ1v) is 16.6. The van der Waals surface area contributed by atoms with Crippen LogP contribution >= 0.6 is 0 Å². The van der Waals surface area contributed by atoms with Crippen molar-refractivity contribution in [3.05, 3.63) is 170 Å². The summed E-state index contributed by atoms with van der Waals surface area (Å²) in [6.45, 7) is 0. The van der Waals surface area contributed by atoms with Crippen LogP contribution < -0.4 is 0 Å². The molecule has 0 bridgehead atoms. The Bertz CT molecular complexity index is 2830. The van der Waals surface area contributed by atoms with Crippen molar-refractivity contribution in [3.63, 3.8) is 0 Å². The molecule has 0 atom stereocenters. The number of aromatic nitrogens is 2. The second-order valence-corrected chi connectivity index (χ2v) is 12.5. The number of hydrogen-bond acceptors (Lipinski definition) is 3. The van der Waals surface area contributed by atoms with Crippen LogP contribution in [0.1, 0.15) is 0 Å². The first-order chi connectivity index (χ1) is 24.3. The molecule has 0 aliphatic heterocycles. The van der Waals surface area contributed by atoms with Crippen LogP contribution in [0.4, 0.5) is 0 Å². The van der Waals surface area contributed by atoms with Crippen molar-refractivity contribution in [3.8, 4) is 44.9 Å². The molecule has 228 valence electrons. The maximum atomic E-state index is 6.63. The van der Waals surface area contributed by atoms with Crippen molar-refractivity contribution in [1.29, 1.82) is 0 Å². The van der Waals surface area contributed by atoms with Gasteiger partial charge >= 0.3 is 0 Å². The van der Waals surface area contributed by atoms with E-state index in [0.717, 1.165) is 44.4 Å². The van der Waals surface area contributed by atoms with Crippen LogP contribution in [0.25, 0.3) is 99.3 Å². The predicted molar refractivity (Wildman–Crippen MR) is 204 cm³/mol. The lowest BCUT2D eigenvalue weighted by Crippen LogP contribution is -1.93. The van der Waals surface area contributed by atoms with Gasteiger partial charge in [-0.25, -0.2) is 9.97 Å². The molecular formula is C46H28N2O. The molecule has 0 fully saturated rings. The van der Waals surface area contributed by atoms with Gasteiger partial charge in [0, 0.05) is 16.5 Å². The van der Waals surface area contributed by atoms with Crippen LogP contribution in [0.15, 0.2) is 174 Å². The average molecular weight is 625 g/mol. The second-order valence-electron chi connectivity index (χ2n) is 12.5. The summed E-state index contributed by atoms with van der Waals surface area (Å²) in [5.41, 5.74) is 9.67. The lowest BCUT2D eigenvalue weighted by atomic mass is 9.89. The van der Waals surface area contributed by atoms with E-state index in [1.54, 1.807) is 0 Å². The van der Waals surface area contributed by atoms with Crippen molar-refractivity contribution >= 4 is 54.4 Å². The van der Waals surface area contributed by atoms with E-state index in [1.165, 1.54) is 43.4 Å². The van der Waals surface area contributed by atoms with E-state index >= 15 is 0 Å². The number of nitrogens with zero attached hydrogens (tertiary/aromatic N) is 2. The SMILES string of the molecule is c1ccc(-c2nc(-c3ccccc3)c3oc4cc(-c5cccc(-c6cccc7c8ccccc8c8ccccc8c67)c5)ccc4c3n2)cc1. The highest BCUT2D eigenvalue weighted by Crippen LogP contribution is 2.42. The van der Waals surface area contributed by atoms with Crippen LogP contribution in [-0.2, 0) is 0 Å². The Morgan fingerprint density at radius 1 is 0.367 bits per heavy atom. The first kappa shape index (κ1) is 27.5. The van der Waals surface area contributed by atoms with Crippen molar-refractivity contribution in [2.24, 2.45) is 0 Å². The molecule has 3 nitrogen and oxygen atoms in total. The van der Waals surface area contributed by atoms with Crippen LogP contribution in [-0.4, -0.2) is 9.97 Å². The smallest absolute Gasteiger partial charge is 0.180 e. The maximum Gasteiger partial charge on any atom is 0.180 e. The number of hydrogen-bond donors (Lipinski definition) is 0. The fourth-order valence-electron chi connectivity index (χ4n) is 7.39. The molecule has 10 aromatic rings. The molecule has 8 aromatic carbocycles. The molecule has 49 heavy (non-hydrogen) atoms. The molecular weight excluding hydrogens is 597 g/mol. The van der Waals surface area contributed by atoms with Crippen molar-refractivity contribution in [1.82, 2.24) is 9.97 Å². The third-order valence-electron chi connectivity index (χ3n) is 9.67. The quantitative estimate of drug-likeness (QED) is 0.183. The number of rotatable bonds is 4. The summed E-state index contributed by atoms with van der Waals surface area (Å²) in [4.78, 5) is 10.1. The van der Waals surface area contributed by atoms with Gasteiger partial charge in [-0.15, -0.1) is 0 Å². The minimum absolute atomic E-state index is 0.682. The molecule has 0 spiro atoms. The largest absolute Gasteiger partial charge is 0.452 e. The molecule has 0 radical (unpaired) electrons. The zero-order valence-electron chi connectivity index (χ0n) is 26.5. The van der Waals surface area contributed by atoms with Gasteiger partial charge in [0.25, 0.3) is 0 Å². The van der Waals surface area contributed by atoms with Crippen molar-refractivity contribution < 1.29 is 4.42 Å². The van der Waals surface area contributed by atoms with Crippen LogP contribution in [0.2, 0.25) is 0 Å². The van der Waals surface area contributed by atoms with Crippen LogP contribution in [0, 0.1) is 0 Å². The summed E-state index contributed by atoms with van der Waals surface area (Å²) in [5, 5.41) is 8.63. The summed E-state index contributed by atoms with van der Waals surface area (Å²) in [5.74, 6) is 0.682. The minimum Gasteiger partial charge on any atom is -0.452 e. The molecule has 0 saturated carbocycles. The molecule has 0 N–H and O–H groups in total. The van der Waals surface area contributed by atoms with E-state index in [1.807, 2.05) is 48.5 Å². The summed E-state index contributed by atoms with van der Waals surface area (Å²) in [6.07, 6.45) is 0. The van der Waals surface area contributed by atoms with E-state index in [9.17, 15) is 0 Å². The summed E-state index contributed by atoms with van der Waals surface area (Å²) >= 11 is 0. The van der Waals surface area contributed by atoms with E-state index < -0.39 is 0 Å².